The van der Waals surface area contributed by atoms with Crippen LogP contribution in [-0.4, -0.2) is 51.2 Å². The van der Waals surface area contributed by atoms with E-state index in [4.69, 9.17) is 5.11 Å². The summed E-state index contributed by atoms with van der Waals surface area (Å²) in [6, 6.07) is 44.7. The summed E-state index contributed by atoms with van der Waals surface area (Å²) in [6.07, 6.45) is 0. The third-order valence-corrected chi connectivity index (χ3v) is 11.3. The largest absolute Gasteiger partial charge is 0.681 e. The van der Waals surface area contributed by atoms with Gasteiger partial charge in [0.1, 0.15) is 28.6 Å². The first kappa shape index (κ1) is 70.7. The summed E-state index contributed by atoms with van der Waals surface area (Å²) in [6.45, 7) is 7.28. The molecule has 0 unspecified atom stereocenters. The number of phenolic OH excluding ortho intramolecular Hbond substituents is 3. The zero-order valence-electron chi connectivity index (χ0n) is 43.8. The number of nitro benzene ring substituents is 4. The molecular weight excluding hydrogens is 1690 g/mol. The van der Waals surface area contributed by atoms with E-state index in [0.29, 0.717) is 31.9 Å². The van der Waals surface area contributed by atoms with Crippen molar-refractivity contribution in [3.05, 3.63) is 265 Å². The predicted molar refractivity (Wildman–Crippen MR) is 294 cm³/mol. The SMILES string of the molecule is Cc1cc(NCc2ccc([N+](=O)[O-])cc2)ccc1O.Cc1cc([N-]Cc2ccc([N+](=O)[O-])cc2)ccc1O.Cc1cc([N-]Cc2ccc([N+](=O)[O-])cc2)ccc1O.O=C(O)c1cc(NCc2ccc([N+](=O)[O-])cc2)ccc1O.[Ac].[Ac].[Ac]. The van der Waals surface area contributed by atoms with E-state index in [2.05, 4.69) is 21.3 Å². The molecule has 8 aromatic carbocycles. The minimum atomic E-state index is -1.22. The van der Waals surface area contributed by atoms with E-state index in [0.717, 1.165) is 56.0 Å². The zero-order chi connectivity index (χ0) is 56.9. The number of carboxylic acids is 1. The maximum Gasteiger partial charge on any atom is 0.339 e. The third kappa shape index (κ3) is 23.9. The summed E-state index contributed by atoms with van der Waals surface area (Å²) in [7, 11) is 0. The number of hydrogen-bond donors (Lipinski definition) is 7. The van der Waals surface area contributed by atoms with E-state index >= 15 is 0 Å². The summed E-state index contributed by atoms with van der Waals surface area (Å²) in [4.78, 5) is 51.3. The molecule has 0 aliphatic carbocycles. The minimum absolute atomic E-state index is 0. The quantitative estimate of drug-likeness (QED) is 0.0253. The number of aromatic hydroxyl groups is 4. The van der Waals surface area contributed by atoms with Crippen LogP contribution in [0.25, 0.3) is 10.6 Å². The number of hydrogen-bond acceptors (Lipinski definition) is 15. The molecule has 0 bridgehead atoms. The normalized spacial score (nSPS) is 9.77. The van der Waals surface area contributed by atoms with Crippen LogP contribution in [0.1, 0.15) is 49.3 Å². The summed E-state index contributed by atoms with van der Waals surface area (Å²) < 4.78 is 0. The minimum Gasteiger partial charge on any atom is -0.681 e. The van der Waals surface area contributed by atoms with Gasteiger partial charge in [0, 0.05) is 205 Å². The van der Waals surface area contributed by atoms with Crippen molar-refractivity contribution in [3.63, 3.8) is 0 Å². The molecule has 7 N–H and O–H groups in total. The number of phenols is 4. The molecule has 25 heteroatoms. The number of nitrogens with zero attached hydrogens (tertiary/aromatic N) is 6. The second-order valence-electron chi connectivity index (χ2n) is 17.0. The fourth-order valence-corrected chi connectivity index (χ4v) is 6.75. The number of rotatable bonds is 17. The predicted octanol–water partition coefficient (Wildman–Crippen LogP) is 13.5. The average Bonchev–Trinajstić information content (AvgIpc) is 3.42. The number of carbonyl (C=O) groups is 1. The van der Waals surface area contributed by atoms with Crippen LogP contribution in [0.5, 0.6) is 23.0 Å². The third-order valence-electron chi connectivity index (χ3n) is 11.3. The van der Waals surface area contributed by atoms with Gasteiger partial charge >= 0.3 is 5.97 Å². The monoisotopic (exact) mass is 1740 g/mol. The Balaban J connectivity index is 0.000000365. The van der Waals surface area contributed by atoms with Crippen LogP contribution in [0.15, 0.2) is 170 Å². The summed E-state index contributed by atoms with van der Waals surface area (Å²) in [5.41, 5.74) is 8.93. The Labute approximate surface area is 572 Å². The topological polar surface area (TPSA) is 343 Å². The summed E-state index contributed by atoms with van der Waals surface area (Å²) in [5, 5.41) is 104. The van der Waals surface area contributed by atoms with Gasteiger partial charge in [-0.05, 0) is 97.1 Å². The number of anilines is 2. The Morgan fingerprint density at radius 3 is 0.988 bits per heavy atom. The molecule has 411 valence electrons. The van der Waals surface area contributed by atoms with E-state index in [-0.39, 0.29) is 183 Å². The molecule has 81 heavy (non-hydrogen) atoms. The number of nitrogens with one attached hydrogen (secondary N) is 2. The molecule has 0 saturated heterocycles. The Hall–Kier alpha value is -6.45. The number of non-ortho nitro benzene ring substituents is 4. The van der Waals surface area contributed by atoms with Crippen LogP contribution in [-0.2, 0) is 26.2 Å². The van der Waals surface area contributed by atoms with Crippen LogP contribution in [0, 0.1) is 193 Å². The molecule has 0 aliphatic heterocycles. The van der Waals surface area contributed by atoms with E-state index in [9.17, 15) is 65.7 Å². The van der Waals surface area contributed by atoms with Gasteiger partial charge in [-0.1, -0.05) is 83.9 Å². The van der Waals surface area contributed by atoms with Crippen LogP contribution in [0.4, 0.5) is 45.5 Å². The molecule has 0 fully saturated rings. The smallest absolute Gasteiger partial charge is 0.339 e. The zero-order valence-corrected chi connectivity index (χ0v) is 58.1. The molecule has 3 radical (unpaired) electrons. The number of nitro groups is 4. The first-order valence-corrected chi connectivity index (χ1v) is 23.4. The van der Waals surface area contributed by atoms with Crippen LogP contribution >= 0.6 is 0 Å². The van der Waals surface area contributed by atoms with Gasteiger partial charge in [-0.25, -0.2) is 4.79 Å². The maximum absolute atomic E-state index is 10.9. The first-order valence-electron chi connectivity index (χ1n) is 23.4. The molecule has 0 heterocycles. The van der Waals surface area contributed by atoms with E-state index in [1.165, 1.54) is 60.7 Å². The standard InChI is InChI=1S/C14H12N2O5.C14H14N2O3.2C14H13N2O3.3Ac/c17-13-6-3-10(7-12(13)14(18)19)15-8-9-1-4-11(5-2-9)16(20)21;3*1-10-8-12(4-7-14(10)17)15-9-11-2-5-13(6-3-11)16(18)19;;;/h1-7,15,17H,8H2,(H,18,19);2-8,15,17H,9H2,1H3;2*2-8,17H,9H2,1H3;;;/q;;2*-1;;;. The number of carboxylic acid groups (broad SMARTS) is 1. The second-order valence-corrected chi connectivity index (χ2v) is 17.0. The van der Waals surface area contributed by atoms with Crippen molar-refractivity contribution >= 4 is 51.5 Å². The second kappa shape index (κ2) is 35.4. The molecule has 22 nitrogen and oxygen atoms in total. The van der Waals surface area contributed by atoms with Crippen molar-refractivity contribution in [3.8, 4) is 23.0 Å². The Bertz CT molecular complexity index is 3120. The van der Waals surface area contributed by atoms with Crippen molar-refractivity contribution in [2.45, 2.75) is 47.0 Å². The van der Waals surface area contributed by atoms with Gasteiger partial charge < -0.3 is 46.8 Å². The molecule has 0 aliphatic rings. The fourth-order valence-electron chi connectivity index (χ4n) is 6.75. The van der Waals surface area contributed by atoms with Crippen molar-refractivity contribution in [1.29, 1.82) is 0 Å². The summed E-state index contributed by atoms with van der Waals surface area (Å²) in [5.74, 6) is -0.765. The van der Waals surface area contributed by atoms with Gasteiger partial charge in [-0.2, -0.15) is 0 Å². The van der Waals surface area contributed by atoms with Gasteiger partial charge in [0.25, 0.3) is 22.7 Å². The molecule has 0 spiro atoms. The van der Waals surface area contributed by atoms with E-state index in [1.54, 1.807) is 117 Å². The van der Waals surface area contributed by atoms with Crippen LogP contribution in [0.3, 0.4) is 0 Å². The molecule has 0 atom stereocenters. The molecule has 0 saturated carbocycles. The van der Waals surface area contributed by atoms with Crippen molar-refractivity contribution in [2.24, 2.45) is 0 Å². The van der Waals surface area contributed by atoms with Crippen LogP contribution < -0.4 is 10.6 Å². The van der Waals surface area contributed by atoms with Gasteiger partial charge in [0.2, 0.25) is 0 Å². The van der Waals surface area contributed by atoms with Crippen molar-refractivity contribution in [1.82, 2.24) is 0 Å². The molecule has 8 rings (SSSR count). The Kier molecular flexibility index (Phi) is 30.9. The molecule has 8 aromatic rings. The number of aryl methyl sites for hydroxylation is 3. The van der Waals surface area contributed by atoms with E-state index in [1.807, 2.05) is 13.0 Å². The van der Waals surface area contributed by atoms with Crippen molar-refractivity contribution in [2.75, 3.05) is 10.6 Å². The number of benzene rings is 8. The first-order chi connectivity index (χ1) is 37.1. The molecular formula is C56H52Ac3N8O14-2. The average molecular weight is 1740 g/mol. The summed E-state index contributed by atoms with van der Waals surface area (Å²) >= 11 is 0. The van der Waals surface area contributed by atoms with E-state index < -0.39 is 25.7 Å². The van der Waals surface area contributed by atoms with Gasteiger partial charge in [0.15, 0.2) is 0 Å². The molecule has 0 aromatic heterocycles. The van der Waals surface area contributed by atoms with Gasteiger partial charge in [0.05, 0.1) is 19.7 Å². The Morgan fingerprint density at radius 2 is 0.691 bits per heavy atom. The van der Waals surface area contributed by atoms with Gasteiger partial charge in [-0.3, -0.25) is 40.5 Å². The number of aromatic carboxylic acids is 1. The molecule has 0 amide bonds. The van der Waals surface area contributed by atoms with Crippen LogP contribution in [0.2, 0.25) is 0 Å². The maximum atomic E-state index is 10.9. The Morgan fingerprint density at radius 1 is 0.407 bits per heavy atom. The fraction of sp³-hybridized carbons (Fsp3) is 0.125. The van der Waals surface area contributed by atoms with Gasteiger partial charge in [-0.15, -0.1) is 24.5 Å². The van der Waals surface area contributed by atoms with Crippen molar-refractivity contribution < 1.29 is 182 Å².